The second kappa shape index (κ2) is 10.0. The summed E-state index contributed by atoms with van der Waals surface area (Å²) in [5.41, 5.74) is 3.20. The Morgan fingerprint density at radius 1 is 1.33 bits per heavy atom. The van der Waals surface area contributed by atoms with Crippen LogP contribution in [0.15, 0.2) is 24.3 Å². The van der Waals surface area contributed by atoms with E-state index in [1.165, 1.54) is 19.1 Å². The SMILES string of the molecule is CC(=O)NCC1Cn2nc3c(c2C(=O)N1C(C)c1ccc(OC(F)F)cc1)CN[C@H](C)C3.Cl. The van der Waals surface area contributed by atoms with Crippen molar-refractivity contribution in [3.63, 3.8) is 0 Å². The van der Waals surface area contributed by atoms with Gasteiger partial charge in [0.25, 0.3) is 5.91 Å². The van der Waals surface area contributed by atoms with Gasteiger partial charge in [0.05, 0.1) is 24.3 Å². The molecule has 2 aliphatic heterocycles. The number of benzene rings is 1. The maximum absolute atomic E-state index is 13.7. The molecule has 2 amide bonds. The van der Waals surface area contributed by atoms with Gasteiger partial charge in [0.15, 0.2) is 0 Å². The Morgan fingerprint density at radius 2 is 2.03 bits per heavy atom. The summed E-state index contributed by atoms with van der Waals surface area (Å²) in [5, 5.41) is 10.9. The number of rotatable bonds is 6. The van der Waals surface area contributed by atoms with Gasteiger partial charge in [0, 0.05) is 38.0 Å². The summed E-state index contributed by atoms with van der Waals surface area (Å²) in [7, 11) is 0. The highest BCUT2D eigenvalue weighted by molar-refractivity contribution is 5.95. The molecule has 2 aromatic rings. The molecule has 0 fully saturated rings. The predicted octanol–water partition coefficient (Wildman–Crippen LogP) is 2.66. The lowest BCUT2D eigenvalue weighted by molar-refractivity contribution is -0.119. The average molecular weight is 484 g/mol. The Kier molecular flexibility index (Phi) is 7.58. The smallest absolute Gasteiger partial charge is 0.387 e. The molecule has 0 aliphatic carbocycles. The number of fused-ring (bicyclic) bond motifs is 3. The van der Waals surface area contributed by atoms with Crippen LogP contribution in [0.4, 0.5) is 8.78 Å². The van der Waals surface area contributed by atoms with Crippen LogP contribution in [0.3, 0.4) is 0 Å². The Bertz CT molecular complexity index is 1010. The Balaban J connectivity index is 0.00000306. The highest BCUT2D eigenvalue weighted by Crippen LogP contribution is 2.33. The van der Waals surface area contributed by atoms with Crippen LogP contribution in [0, 0.1) is 0 Å². The molecule has 180 valence electrons. The highest BCUT2D eigenvalue weighted by atomic mass is 35.5. The summed E-state index contributed by atoms with van der Waals surface area (Å²) in [5.74, 6) is -0.276. The van der Waals surface area contributed by atoms with Crippen molar-refractivity contribution >= 4 is 24.2 Å². The minimum atomic E-state index is -2.90. The third-order valence-electron chi connectivity index (χ3n) is 6.07. The molecule has 2 aliphatic rings. The standard InChI is InChI=1S/C22H27F2N5O3.ClH/c1-12-8-19-18(10-25-12)20-21(31)29(16(9-26-14(3)30)11-28(20)27-19)13(2)15-4-6-17(7-5-15)32-22(23)24;/h4-7,12-13,16,22,25H,8-11H2,1-3H3,(H,26,30);1H/t12-,13?,16?;/m1./s1. The molecular formula is C22H28ClF2N5O3. The van der Waals surface area contributed by atoms with Crippen molar-refractivity contribution in [2.45, 2.75) is 65.0 Å². The molecule has 8 nitrogen and oxygen atoms in total. The zero-order valence-corrected chi connectivity index (χ0v) is 19.5. The van der Waals surface area contributed by atoms with Gasteiger partial charge in [-0.1, -0.05) is 12.1 Å². The van der Waals surface area contributed by atoms with Crippen molar-refractivity contribution in [2.24, 2.45) is 0 Å². The van der Waals surface area contributed by atoms with E-state index in [0.717, 1.165) is 23.2 Å². The maximum atomic E-state index is 13.7. The first-order valence-corrected chi connectivity index (χ1v) is 10.7. The molecule has 0 radical (unpaired) electrons. The molecular weight excluding hydrogens is 456 g/mol. The van der Waals surface area contributed by atoms with E-state index in [4.69, 9.17) is 5.10 Å². The molecule has 0 saturated heterocycles. The number of hydrogen-bond donors (Lipinski definition) is 2. The lowest BCUT2D eigenvalue weighted by atomic mass is 9.98. The third-order valence-corrected chi connectivity index (χ3v) is 6.07. The Morgan fingerprint density at radius 3 is 2.67 bits per heavy atom. The Labute approximate surface area is 197 Å². The van der Waals surface area contributed by atoms with E-state index >= 15 is 0 Å². The molecule has 11 heteroatoms. The van der Waals surface area contributed by atoms with Crippen LogP contribution in [-0.2, 0) is 24.3 Å². The van der Waals surface area contributed by atoms with Crippen LogP contribution >= 0.6 is 12.4 Å². The topological polar surface area (TPSA) is 88.5 Å². The number of amides is 2. The van der Waals surface area contributed by atoms with Crippen LogP contribution in [0.5, 0.6) is 5.75 Å². The number of ether oxygens (including phenoxy) is 1. The molecule has 3 heterocycles. The summed E-state index contributed by atoms with van der Waals surface area (Å²) in [6, 6.07) is 5.91. The third kappa shape index (κ3) is 5.11. The minimum absolute atomic E-state index is 0. The van der Waals surface area contributed by atoms with Crippen LogP contribution in [0.1, 0.15) is 54.1 Å². The molecule has 2 unspecified atom stereocenters. The van der Waals surface area contributed by atoms with Gasteiger partial charge in [0.1, 0.15) is 11.4 Å². The van der Waals surface area contributed by atoms with Crippen molar-refractivity contribution in [3.8, 4) is 5.75 Å². The van der Waals surface area contributed by atoms with Gasteiger partial charge in [-0.2, -0.15) is 13.9 Å². The van der Waals surface area contributed by atoms with E-state index in [1.54, 1.807) is 21.7 Å². The van der Waals surface area contributed by atoms with E-state index < -0.39 is 6.61 Å². The molecule has 2 N–H and O–H groups in total. The number of nitrogens with one attached hydrogen (secondary N) is 2. The van der Waals surface area contributed by atoms with Gasteiger partial charge in [-0.3, -0.25) is 14.3 Å². The summed E-state index contributed by atoms with van der Waals surface area (Å²) >= 11 is 0. The summed E-state index contributed by atoms with van der Waals surface area (Å²) in [6.07, 6.45) is 0.750. The predicted molar refractivity (Wildman–Crippen MR) is 120 cm³/mol. The van der Waals surface area contributed by atoms with Crippen LogP contribution < -0.4 is 15.4 Å². The van der Waals surface area contributed by atoms with E-state index in [9.17, 15) is 18.4 Å². The average Bonchev–Trinajstić information content (AvgIpc) is 3.09. The lowest BCUT2D eigenvalue weighted by Crippen LogP contribution is -2.54. The normalized spacial score (nSPS) is 20.5. The fraction of sp³-hybridized carbons (Fsp3) is 0.500. The van der Waals surface area contributed by atoms with Gasteiger partial charge >= 0.3 is 6.61 Å². The number of halogens is 3. The van der Waals surface area contributed by atoms with Gasteiger partial charge in [-0.05, 0) is 31.5 Å². The molecule has 1 aromatic carbocycles. The van der Waals surface area contributed by atoms with Crippen molar-refractivity contribution < 1.29 is 23.1 Å². The van der Waals surface area contributed by atoms with Crippen LogP contribution in [-0.4, -0.2) is 51.7 Å². The number of aromatic nitrogens is 2. The largest absolute Gasteiger partial charge is 0.435 e. The molecule has 4 rings (SSSR count). The Hall–Kier alpha value is -2.72. The van der Waals surface area contributed by atoms with Gasteiger partial charge in [-0.15, -0.1) is 12.4 Å². The zero-order chi connectivity index (χ0) is 23.0. The summed E-state index contributed by atoms with van der Waals surface area (Å²) < 4.78 is 31.1. The van der Waals surface area contributed by atoms with E-state index in [-0.39, 0.29) is 54.6 Å². The monoisotopic (exact) mass is 483 g/mol. The number of carbonyl (C=O) groups excluding carboxylic acids is 2. The second-order valence-electron chi connectivity index (χ2n) is 8.37. The quantitative estimate of drug-likeness (QED) is 0.659. The first-order valence-electron chi connectivity index (χ1n) is 10.7. The van der Waals surface area contributed by atoms with E-state index in [1.807, 2.05) is 6.92 Å². The van der Waals surface area contributed by atoms with Crippen molar-refractivity contribution in [1.82, 2.24) is 25.3 Å². The number of nitrogens with zero attached hydrogens (tertiary/aromatic N) is 3. The molecule has 0 saturated carbocycles. The lowest BCUT2D eigenvalue weighted by Gasteiger charge is -2.40. The fourth-order valence-electron chi connectivity index (χ4n) is 4.49. The zero-order valence-electron chi connectivity index (χ0n) is 18.7. The van der Waals surface area contributed by atoms with Crippen LogP contribution in [0.25, 0.3) is 0 Å². The van der Waals surface area contributed by atoms with Gasteiger partial charge < -0.3 is 20.3 Å². The highest BCUT2D eigenvalue weighted by Gasteiger charge is 2.40. The first kappa shape index (κ1) is 24.9. The fourth-order valence-corrected chi connectivity index (χ4v) is 4.49. The van der Waals surface area contributed by atoms with Crippen molar-refractivity contribution in [2.75, 3.05) is 6.54 Å². The van der Waals surface area contributed by atoms with Gasteiger partial charge in [-0.25, -0.2) is 0 Å². The van der Waals surface area contributed by atoms with Crippen LogP contribution in [0.2, 0.25) is 0 Å². The molecule has 33 heavy (non-hydrogen) atoms. The molecule has 0 spiro atoms. The number of hydrogen-bond acceptors (Lipinski definition) is 5. The number of alkyl halides is 2. The van der Waals surface area contributed by atoms with Gasteiger partial charge in [0.2, 0.25) is 5.91 Å². The minimum Gasteiger partial charge on any atom is -0.435 e. The molecule has 1 aromatic heterocycles. The van der Waals surface area contributed by atoms with Crippen molar-refractivity contribution in [1.29, 1.82) is 0 Å². The molecule has 0 bridgehead atoms. The summed E-state index contributed by atoms with van der Waals surface area (Å²) in [4.78, 5) is 27.0. The second-order valence-corrected chi connectivity index (χ2v) is 8.37. The number of carbonyl (C=O) groups is 2. The maximum Gasteiger partial charge on any atom is 0.387 e. The summed E-state index contributed by atoms with van der Waals surface area (Å²) in [6.45, 7) is 3.84. The first-order chi connectivity index (χ1) is 15.2. The molecule has 3 atom stereocenters. The van der Waals surface area contributed by atoms with E-state index in [0.29, 0.717) is 18.8 Å². The van der Waals surface area contributed by atoms with Crippen molar-refractivity contribution in [3.05, 3.63) is 46.8 Å². The van der Waals surface area contributed by atoms with E-state index in [2.05, 4.69) is 22.3 Å².